The highest BCUT2D eigenvalue weighted by Crippen LogP contribution is 2.25. The molecular formula is C23H18N2O2S. The topological polar surface area (TPSA) is 43.6 Å². The maximum atomic E-state index is 13.0. The number of rotatable bonds is 5. The van der Waals surface area contributed by atoms with Crippen molar-refractivity contribution < 1.29 is 9.53 Å². The van der Waals surface area contributed by atoms with E-state index in [2.05, 4.69) is 11.6 Å². The molecule has 0 saturated carbocycles. The summed E-state index contributed by atoms with van der Waals surface area (Å²) in [4.78, 5) is 18.0. The molecule has 28 heavy (non-hydrogen) atoms. The van der Waals surface area contributed by atoms with Gasteiger partial charge in [0.25, 0.3) is 5.91 Å². The maximum Gasteiger partial charge on any atom is 0.283 e. The predicted octanol–water partition coefficient (Wildman–Crippen LogP) is 5.42. The number of ether oxygens (including phenoxy) is 1. The van der Waals surface area contributed by atoms with Gasteiger partial charge in [-0.1, -0.05) is 59.9 Å². The molecule has 1 heterocycles. The van der Waals surface area contributed by atoms with E-state index < -0.39 is 0 Å². The number of carbonyl (C=O) groups excluding carboxylic acids is 1. The lowest BCUT2D eigenvalue weighted by Crippen LogP contribution is -2.16. The van der Waals surface area contributed by atoms with Gasteiger partial charge in [0.1, 0.15) is 11.5 Å². The quantitative estimate of drug-likeness (QED) is 0.430. The van der Waals surface area contributed by atoms with Gasteiger partial charge in [0.05, 0.1) is 15.8 Å². The van der Waals surface area contributed by atoms with Gasteiger partial charge in [0.2, 0.25) is 0 Å². The third-order valence-corrected chi connectivity index (χ3v) is 5.24. The van der Waals surface area contributed by atoms with E-state index in [0.717, 1.165) is 10.2 Å². The first kappa shape index (κ1) is 17.9. The number of fused-ring (bicyclic) bond motifs is 1. The molecule has 4 rings (SSSR count). The van der Waals surface area contributed by atoms with E-state index >= 15 is 0 Å². The SMILES string of the molecule is C=CCn1c(=NC(=O)c2ccccc2Oc2ccccc2)sc2ccccc21. The van der Waals surface area contributed by atoms with E-state index in [0.29, 0.717) is 28.4 Å². The van der Waals surface area contributed by atoms with E-state index in [1.54, 1.807) is 18.2 Å². The van der Waals surface area contributed by atoms with Gasteiger partial charge in [-0.25, -0.2) is 0 Å². The Morgan fingerprint density at radius 1 is 1.00 bits per heavy atom. The minimum Gasteiger partial charge on any atom is -0.457 e. The molecule has 0 radical (unpaired) electrons. The van der Waals surface area contributed by atoms with Gasteiger partial charge in [-0.15, -0.1) is 6.58 Å². The normalized spacial score (nSPS) is 11.5. The summed E-state index contributed by atoms with van der Waals surface area (Å²) in [7, 11) is 0. The fraction of sp³-hybridized carbons (Fsp3) is 0.0435. The van der Waals surface area contributed by atoms with Crippen molar-refractivity contribution >= 4 is 27.5 Å². The van der Waals surface area contributed by atoms with Crippen LogP contribution in [-0.2, 0) is 6.54 Å². The predicted molar refractivity (Wildman–Crippen MR) is 113 cm³/mol. The molecule has 4 nitrogen and oxygen atoms in total. The second kappa shape index (κ2) is 8.06. The minimum absolute atomic E-state index is 0.337. The lowest BCUT2D eigenvalue weighted by Gasteiger charge is -2.08. The fourth-order valence-electron chi connectivity index (χ4n) is 2.91. The number of thiazole rings is 1. The standard InChI is InChI=1S/C23H18N2O2S/c1-2-16-25-19-13-7-9-15-21(19)28-23(25)24-22(26)18-12-6-8-14-20(18)27-17-10-4-3-5-11-17/h2-15H,1,16H2. The van der Waals surface area contributed by atoms with Crippen molar-refractivity contribution in [3.05, 3.63) is 102 Å². The van der Waals surface area contributed by atoms with E-state index in [1.165, 1.54) is 11.3 Å². The van der Waals surface area contributed by atoms with Crippen LogP contribution in [0.25, 0.3) is 10.2 Å². The highest BCUT2D eigenvalue weighted by molar-refractivity contribution is 7.16. The van der Waals surface area contributed by atoms with Crippen LogP contribution in [0.2, 0.25) is 0 Å². The van der Waals surface area contributed by atoms with E-state index in [4.69, 9.17) is 4.74 Å². The van der Waals surface area contributed by atoms with Crippen LogP contribution >= 0.6 is 11.3 Å². The van der Waals surface area contributed by atoms with Gasteiger partial charge in [0, 0.05) is 6.54 Å². The second-order valence-electron chi connectivity index (χ2n) is 6.08. The first-order valence-electron chi connectivity index (χ1n) is 8.86. The number of aromatic nitrogens is 1. The van der Waals surface area contributed by atoms with Gasteiger partial charge >= 0.3 is 0 Å². The third kappa shape index (κ3) is 3.66. The van der Waals surface area contributed by atoms with Gasteiger partial charge in [-0.3, -0.25) is 4.79 Å². The molecule has 3 aromatic carbocycles. The fourth-order valence-corrected chi connectivity index (χ4v) is 3.94. The Balaban J connectivity index is 1.76. The molecule has 5 heteroatoms. The smallest absolute Gasteiger partial charge is 0.283 e. The molecule has 0 saturated heterocycles. The molecule has 138 valence electrons. The van der Waals surface area contributed by atoms with Crippen molar-refractivity contribution in [2.45, 2.75) is 6.54 Å². The summed E-state index contributed by atoms with van der Waals surface area (Å²) in [5.41, 5.74) is 1.46. The first-order chi connectivity index (χ1) is 13.8. The Kier molecular flexibility index (Phi) is 5.17. The van der Waals surface area contributed by atoms with Gasteiger partial charge < -0.3 is 9.30 Å². The van der Waals surface area contributed by atoms with Crippen LogP contribution in [0, 0.1) is 0 Å². The van der Waals surface area contributed by atoms with Crippen LogP contribution in [0.15, 0.2) is 96.5 Å². The van der Waals surface area contributed by atoms with Crippen LogP contribution in [-0.4, -0.2) is 10.5 Å². The molecule has 0 unspecified atom stereocenters. The van der Waals surface area contributed by atoms with Crippen molar-refractivity contribution in [1.82, 2.24) is 4.57 Å². The number of para-hydroxylation sites is 3. The molecule has 0 aliphatic carbocycles. The van der Waals surface area contributed by atoms with Crippen molar-refractivity contribution in [2.75, 3.05) is 0 Å². The Labute approximate surface area is 166 Å². The van der Waals surface area contributed by atoms with Crippen LogP contribution in [0.3, 0.4) is 0 Å². The summed E-state index contributed by atoms with van der Waals surface area (Å²) in [5.74, 6) is 0.820. The number of amides is 1. The van der Waals surface area contributed by atoms with Gasteiger partial charge in [0.15, 0.2) is 4.80 Å². The number of hydrogen-bond donors (Lipinski definition) is 0. The Morgan fingerprint density at radius 2 is 1.71 bits per heavy atom. The lowest BCUT2D eigenvalue weighted by molar-refractivity contribution is 0.0995. The number of benzene rings is 3. The molecule has 0 fully saturated rings. The highest BCUT2D eigenvalue weighted by atomic mass is 32.1. The van der Waals surface area contributed by atoms with Crippen LogP contribution in [0.1, 0.15) is 10.4 Å². The highest BCUT2D eigenvalue weighted by Gasteiger charge is 2.13. The Bertz CT molecular complexity index is 1210. The number of hydrogen-bond acceptors (Lipinski definition) is 3. The Hall–Kier alpha value is -3.44. The number of allylic oxidation sites excluding steroid dienone is 1. The summed E-state index contributed by atoms with van der Waals surface area (Å²) in [5, 5.41) is 0. The summed E-state index contributed by atoms with van der Waals surface area (Å²) in [6.07, 6.45) is 1.80. The molecule has 4 aromatic rings. The van der Waals surface area contributed by atoms with Crippen molar-refractivity contribution in [2.24, 2.45) is 4.99 Å². The molecule has 0 aliphatic rings. The zero-order chi connectivity index (χ0) is 19.3. The average molecular weight is 386 g/mol. The first-order valence-corrected chi connectivity index (χ1v) is 9.68. The second-order valence-corrected chi connectivity index (χ2v) is 7.09. The summed E-state index contributed by atoms with van der Waals surface area (Å²) >= 11 is 1.48. The van der Waals surface area contributed by atoms with Crippen molar-refractivity contribution in [3.8, 4) is 11.5 Å². The monoisotopic (exact) mass is 386 g/mol. The molecular weight excluding hydrogens is 368 g/mol. The van der Waals surface area contributed by atoms with Crippen LogP contribution < -0.4 is 9.54 Å². The molecule has 0 N–H and O–H groups in total. The average Bonchev–Trinajstić information content (AvgIpc) is 3.06. The summed E-state index contributed by atoms with van der Waals surface area (Å²) in [6, 6.07) is 24.5. The largest absolute Gasteiger partial charge is 0.457 e. The zero-order valence-electron chi connectivity index (χ0n) is 15.1. The molecule has 0 aliphatic heterocycles. The maximum absolute atomic E-state index is 13.0. The van der Waals surface area contributed by atoms with E-state index in [-0.39, 0.29) is 5.91 Å². The summed E-state index contributed by atoms with van der Waals surface area (Å²) in [6.45, 7) is 4.40. The van der Waals surface area contributed by atoms with Gasteiger partial charge in [-0.2, -0.15) is 4.99 Å². The van der Waals surface area contributed by atoms with E-state index in [9.17, 15) is 4.79 Å². The van der Waals surface area contributed by atoms with Crippen molar-refractivity contribution in [3.63, 3.8) is 0 Å². The number of nitrogens with zero attached hydrogens (tertiary/aromatic N) is 2. The van der Waals surface area contributed by atoms with Crippen LogP contribution in [0.5, 0.6) is 11.5 Å². The summed E-state index contributed by atoms with van der Waals surface area (Å²) < 4.78 is 8.97. The number of carbonyl (C=O) groups is 1. The molecule has 0 bridgehead atoms. The van der Waals surface area contributed by atoms with Crippen molar-refractivity contribution in [1.29, 1.82) is 0 Å². The molecule has 0 atom stereocenters. The van der Waals surface area contributed by atoms with Gasteiger partial charge in [-0.05, 0) is 36.4 Å². The minimum atomic E-state index is -0.337. The lowest BCUT2D eigenvalue weighted by atomic mass is 10.2. The third-order valence-electron chi connectivity index (χ3n) is 4.19. The van der Waals surface area contributed by atoms with Crippen LogP contribution in [0.4, 0.5) is 0 Å². The molecule has 1 amide bonds. The Morgan fingerprint density at radius 3 is 2.54 bits per heavy atom. The molecule has 1 aromatic heterocycles. The zero-order valence-corrected chi connectivity index (χ0v) is 15.9. The molecule has 0 spiro atoms. The van der Waals surface area contributed by atoms with E-state index in [1.807, 2.05) is 71.3 Å².